The molecule has 0 aliphatic carbocycles. The van der Waals surface area contributed by atoms with Crippen LogP contribution in [0.15, 0.2) is 73.6 Å². The first-order valence-electron chi connectivity index (χ1n) is 12.2. The zero-order valence-electron chi connectivity index (χ0n) is 21.4. The molecule has 0 saturated carbocycles. The van der Waals surface area contributed by atoms with Gasteiger partial charge in [0.1, 0.15) is 18.0 Å². The Morgan fingerprint density at radius 3 is 2.38 bits per heavy atom. The number of para-hydroxylation sites is 1. The Morgan fingerprint density at radius 2 is 1.65 bits per heavy atom. The third-order valence-electron chi connectivity index (χ3n) is 7.38. The quantitative estimate of drug-likeness (QED) is 0.368. The molecular formula is C29H27N3O5. The van der Waals surface area contributed by atoms with E-state index in [9.17, 15) is 14.4 Å². The zero-order chi connectivity index (χ0) is 26.2. The highest BCUT2D eigenvalue weighted by atomic mass is 16.5. The molecule has 5 aromatic rings. The molecule has 1 aliphatic rings. The molecule has 6 rings (SSSR count). The van der Waals surface area contributed by atoms with Gasteiger partial charge in [-0.3, -0.25) is 18.7 Å². The molecular weight excluding hydrogens is 470 g/mol. The summed E-state index contributed by atoms with van der Waals surface area (Å²) in [6, 6.07) is 15.0. The highest BCUT2D eigenvalue weighted by Crippen LogP contribution is 2.45. The van der Waals surface area contributed by atoms with Crippen molar-refractivity contribution in [1.82, 2.24) is 13.7 Å². The lowest BCUT2D eigenvalue weighted by Crippen LogP contribution is -2.41. The summed E-state index contributed by atoms with van der Waals surface area (Å²) in [5.41, 5.74) is 2.84. The SMILES string of the molecule is Cc1ccc(-c2c3c(=O)n(C)c(=O)n(C)c3c3n2C(C)(C)CO[C@H]3c2coc3ccccc3c2=O)cc1. The molecule has 1 aliphatic heterocycles. The summed E-state index contributed by atoms with van der Waals surface area (Å²) in [4.78, 5) is 40.5. The minimum atomic E-state index is -0.840. The Morgan fingerprint density at radius 1 is 0.946 bits per heavy atom. The van der Waals surface area contributed by atoms with Crippen LogP contribution in [0.2, 0.25) is 0 Å². The van der Waals surface area contributed by atoms with Crippen molar-refractivity contribution in [2.24, 2.45) is 14.1 Å². The Balaban J connectivity index is 1.81. The molecule has 0 radical (unpaired) electrons. The second-order valence-electron chi connectivity index (χ2n) is 10.4. The van der Waals surface area contributed by atoms with Crippen LogP contribution in [0, 0.1) is 6.92 Å². The summed E-state index contributed by atoms with van der Waals surface area (Å²) in [7, 11) is 3.13. The predicted molar refractivity (Wildman–Crippen MR) is 142 cm³/mol. The van der Waals surface area contributed by atoms with E-state index in [0.29, 0.717) is 38.8 Å². The highest BCUT2D eigenvalue weighted by molar-refractivity contribution is 5.97. The van der Waals surface area contributed by atoms with Gasteiger partial charge in [0, 0.05) is 14.1 Å². The molecule has 0 unspecified atom stereocenters. The molecule has 0 N–H and O–H groups in total. The van der Waals surface area contributed by atoms with Gasteiger partial charge in [-0.05, 0) is 38.5 Å². The number of fused-ring (bicyclic) bond motifs is 4. The van der Waals surface area contributed by atoms with Gasteiger partial charge in [-0.1, -0.05) is 42.0 Å². The van der Waals surface area contributed by atoms with Gasteiger partial charge in [0.15, 0.2) is 5.43 Å². The molecule has 0 bridgehead atoms. The van der Waals surface area contributed by atoms with Crippen molar-refractivity contribution in [2.75, 3.05) is 6.61 Å². The molecule has 188 valence electrons. The standard InChI is InChI=1S/C29H27N3O5/c1-16-10-12-17(13-11-16)22-21-23(30(4)28(35)31(5)27(21)34)24-26(37-15-29(2,3)32(22)24)19-14-36-20-9-7-6-8-18(20)25(19)33/h6-14,26H,15H2,1-5H3/t26-/m0/s1. The van der Waals surface area contributed by atoms with Gasteiger partial charge in [0.05, 0.1) is 45.4 Å². The Bertz CT molecular complexity index is 1900. The normalized spacial score (nSPS) is 16.8. The van der Waals surface area contributed by atoms with Gasteiger partial charge < -0.3 is 13.7 Å². The topological polar surface area (TPSA) is 88.4 Å². The highest BCUT2D eigenvalue weighted by Gasteiger charge is 2.41. The van der Waals surface area contributed by atoms with E-state index in [1.54, 1.807) is 25.2 Å². The third kappa shape index (κ3) is 3.22. The van der Waals surface area contributed by atoms with E-state index < -0.39 is 22.9 Å². The average molecular weight is 498 g/mol. The summed E-state index contributed by atoms with van der Waals surface area (Å²) < 4.78 is 16.9. The molecule has 0 amide bonds. The minimum Gasteiger partial charge on any atom is -0.464 e. The van der Waals surface area contributed by atoms with Gasteiger partial charge in [0.2, 0.25) is 0 Å². The fourth-order valence-corrected chi connectivity index (χ4v) is 5.49. The van der Waals surface area contributed by atoms with Crippen molar-refractivity contribution in [3.05, 3.63) is 103 Å². The number of aryl methyl sites for hydroxylation is 2. The van der Waals surface area contributed by atoms with Crippen LogP contribution in [0.4, 0.5) is 0 Å². The number of hydrogen-bond donors (Lipinski definition) is 0. The Labute approximate surface area is 212 Å². The molecule has 2 aromatic carbocycles. The second kappa shape index (κ2) is 7.91. The Hall–Kier alpha value is -4.17. The number of nitrogens with zero attached hydrogens (tertiary/aromatic N) is 3. The van der Waals surface area contributed by atoms with Crippen molar-refractivity contribution < 1.29 is 9.15 Å². The number of aromatic nitrogens is 3. The van der Waals surface area contributed by atoms with Crippen molar-refractivity contribution >= 4 is 21.9 Å². The lowest BCUT2D eigenvalue weighted by atomic mass is 9.98. The van der Waals surface area contributed by atoms with E-state index in [1.807, 2.05) is 51.1 Å². The summed E-state index contributed by atoms with van der Waals surface area (Å²) in [6.07, 6.45) is 0.593. The first-order chi connectivity index (χ1) is 17.6. The first kappa shape index (κ1) is 23.2. The van der Waals surface area contributed by atoms with E-state index in [1.165, 1.54) is 17.9 Å². The van der Waals surface area contributed by atoms with Crippen LogP contribution in [0.25, 0.3) is 33.1 Å². The molecule has 3 aromatic heterocycles. The zero-order valence-corrected chi connectivity index (χ0v) is 21.4. The van der Waals surface area contributed by atoms with Gasteiger partial charge in [-0.2, -0.15) is 0 Å². The minimum absolute atomic E-state index is 0.210. The van der Waals surface area contributed by atoms with Crippen LogP contribution in [0.3, 0.4) is 0 Å². The molecule has 4 heterocycles. The van der Waals surface area contributed by atoms with Crippen LogP contribution in [0.1, 0.15) is 36.8 Å². The van der Waals surface area contributed by atoms with Crippen molar-refractivity contribution in [2.45, 2.75) is 32.4 Å². The third-order valence-corrected chi connectivity index (χ3v) is 7.38. The summed E-state index contributed by atoms with van der Waals surface area (Å²) in [5, 5.41) is 0.858. The van der Waals surface area contributed by atoms with E-state index in [2.05, 4.69) is 4.57 Å². The summed E-state index contributed by atoms with van der Waals surface area (Å²) >= 11 is 0. The summed E-state index contributed by atoms with van der Waals surface area (Å²) in [6.45, 7) is 6.33. The maximum atomic E-state index is 13.7. The van der Waals surface area contributed by atoms with E-state index in [0.717, 1.165) is 15.7 Å². The molecule has 37 heavy (non-hydrogen) atoms. The van der Waals surface area contributed by atoms with E-state index in [-0.39, 0.29) is 12.0 Å². The maximum Gasteiger partial charge on any atom is 0.331 e. The molecule has 0 fully saturated rings. The summed E-state index contributed by atoms with van der Waals surface area (Å²) in [5.74, 6) is 0. The predicted octanol–water partition coefficient (Wildman–Crippen LogP) is 3.98. The number of ether oxygens (including phenoxy) is 1. The smallest absolute Gasteiger partial charge is 0.331 e. The van der Waals surface area contributed by atoms with Crippen LogP contribution in [-0.2, 0) is 24.4 Å². The lowest BCUT2D eigenvalue weighted by molar-refractivity contribution is -0.00811. The number of rotatable bonds is 2. The molecule has 0 saturated heterocycles. The van der Waals surface area contributed by atoms with Gasteiger partial charge in [0.25, 0.3) is 5.56 Å². The molecule has 8 nitrogen and oxygen atoms in total. The first-order valence-corrected chi connectivity index (χ1v) is 12.2. The van der Waals surface area contributed by atoms with E-state index >= 15 is 0 Å². The van der Waals surface area contributed by atoms with Crippen LogP contribution < -0.4 is 16.7 Å². The van der Waals surface area contributed by atoms with Crippen molar-refractivity contribution in [3.8, 4) is 11.3 Å². The van der Waals surface area contributed by atoms with Crippen molar-refractivity contribution in [3.63, 3.8) is 0 Å². The van der Waals surface area contributed by atoms with Crippen LogP contribution >= 0.6 is 0 Å². The Kier molecular flexibility index (Phi) is 4.97. The fraction of sp³-hybridized carbons (Fsp3) is 0.276. The lowest BCUT2D eigenvalue weighted by Gasteiger charge is -2.39. The van der Waals surface area contributed by atoms with Crippen molar-refractivity contribution in [1.29, 1.82) is 0 Å². The largest absolute Gasteiger partial charge is 0.464 e. The van der Waals surface area contributed by atoms with Gasteiger partial charge in [-0.15, -0.1) is 0 Å². The molecule has 8 heteroatoms. The number of benzene rings is 2. The van der Waals surface area contributed by atoms with Gasteiger partial charge >= 0.3 is 5.69 Å². The molecule has 1 atom stereocenters. The van der Waals surface area contributed by atoms with E-state index in [4.69, 9.17) is 9.15 Å². The monoisotopic (exact) mass is 497 g/mol. The average Bonchev–Trinajstić information content (AvgIpc) is 3.25. The van der Waals surface area contributed by atoms with Crippen LogP contribution in [-0.4, -0.2) is 20.3 Å². The fourth-order valence-electron chi connectivity index (χ4n) is 5.49. The number of hydrogen-bond acceptors (Lipinski definition) is 5. The second-order valence-corrected chi connectivity index (χ2v) is 10.4. The molecule has 0 spiro atoms. The van der Waals surface area contributed by atoms with Gasteiger partial charge in [-0.25, -0.2) is 4.79 Å². The maximum absolute atomic E-state index is 13.7. The van der Waals surface area contributed by atoms with Crippen LogP contribution in [0.5, 0.6) is 0 Å².